The molecule has 0 N–H and O–H groups in total. The van der Waals surface area contributed by atoms with Crippen molar-refractivity contribution < 1.29 is 9.59 Å². The minimum Gasteiger partial charge on any atom is -0.297 e. The summed E-state index contributed by atoms with van der Waals surface area (Å²) in [6.45, 7) is 0. The fourth-order valence-electron chi connectivity index (χ4n) is 4.73. The van der Waals surface area contributed by atoms with Crippen molar-refractivity contribution in [3.63, 3.8) is 0 Å². The van der Waals surface area contributed by atoms with E-state index in [-0.39, 0.29) is 11.6 Å². The van der Waals surface area contributed by atoms with E-state index in [9.17, 15) is 9.59 Å². The summed E-state index contributed by atoms with van der Waals surface area (Å²) < 4.78 is 0. The average Bonchev–Trinajstić information content (AvgIpc) is 3.27. The maximum Gasteiger partial charge on any atom is 0.170 e. The van der Waals surface area contributed by atoms with Crippen LogP contribution in [0.25, 0.3) is 5.57 Å². The van der Waals surface area contributed by atoms with Crippen LogP contribution in [0, 0.1) is 5.92 Å². The lowest BCUT2D eigenvalue weighted by Gasteiger charge is -2.23. The molecule has 0 spiro atoms. The maximum atomic E-state index is 14.2. The standard InChI is InChI=1S/C32H24O2/c33-28-22-21-27(29(23-13-5-1-6-14-23)24-15-7-2-8-16-24)31(28)32(34)30(25-17-9-3-10-18-25)26-19-11-4-12-20-26/h1-22,30-31H. The van der Waals surface area contributed by atoms with Gasteiger partial charge >= 0.3 is 0 Å². The topological polar surface area (TPSA) is 34.1 Å². The smallest absolute Gasteiger partial charge is 0.170 e. The van der Waals surface area contributed by atoms with Gasteiger partial charge in [0.25, 0.3) is 0 Å². The number of carbonyl (C=O) groups excluding carboxylic acids is 2. The van der Waals surface area contributed by atoms with Crippen LogP contribution in [0.5, 0.6) is 0 Å². The van der Waals surface area contributed by atoms with Crippen LogP contribution in [0.2, 0.25) is 0 Å². The van der Waals surface area contributed by atoms with Gasteiger partial charge in [-0.05, 0) is 39.5 Å². The molecule has 0 amide bonds. The first-order valence-electron chi connectivity index (χ1n) is 11.4. The largest absolute Gasteiger partial charge is 0.297 e. The minimum absolute atomic E-state index is 0.105. The van der Waals surface area contributed by atoms with Crippen molar-refractivity contribution in [1.29, 1.82) is 0 Å². The summed E-state index contributed by atoms with van der Waals surface area (Å²) in [6.07, 6.45) is 3.38. The van der Waals surface area contributed by atoms with Gasteiger partial charge in [0.05, 0.1) is 5.92 Å². The van der Waals surface area contributed by atoms with Gasteiger partial charge in [-0.2, -0.15) is 0 Å². The van der Waals surface area contributed by atoms with Crippen LogP contribution in [0.4, 0.5) is 0 Å². The van der Waals surface area contributed by atoms with Crippen LogP contribution in [-0.4, -0.2) is 11.6 Å². The molecule has 1 atom stereocenters. The summed E-state index contributed by atoms with van der Waals surface area (Å²) >= 11 is 0. The van der Waals surface area contributed by atoms with Gasteiger partial charge in [-0.1, -0.05) is 127 Å². The van der Waals surface area contributed by atoms with E-state index in [1.54, 1.807) is 6.08 Å². The second kappa shape index (κ2) is 9.68. The van der Waals surface area contributed by atoms with Crippen LogP contribution in [0.15, 0.2) is 139 Å². The molecule has 0 bridgehead atoms. The first-order chi connectivity index (χ1) is 16.7. The Morgan fingerprint density at radius 2 is 0.971 bits per heavy atom. The van der Waals surface area contributed by atoms with Crippen LogP contribution >= 0.6 is 0 Å². The van der Waals surface area contributed by atoms with Crippen molar-refractivity contribution in [3.05, 3.63) is 161 Å². The fourth-order valence-corrected chi connectivity index (χ4v) is 4.73. The summed E-state index contributed by atoms with van der Waals surface area (Å²) in [5, 5.41) is 0. The summed E-state index contributed by atoms with van der Waals surface area (Å²) in [7, 11) is 0. The molecule has 2 heteroatoms. The molecule has 1 aliphatic rings. The number of rotatable bonds is 6. The van der Waals surface area contributed by atoms with Gasteiger partial charge in [0.2, 0.25) is 0 Å². The first kappa shape index (κ1) is 21.5. The highest BCUT2D eigenvalue weighted by atomic mass is 16.2. The van der Waals surface area contributed by atoms with E-state index in [0.717, 1.165) is 33.4 Å². The van der Waals surface area contributed by atoms with Crippen LogP contribution < -0.4 is 0 Å². The third kappa shape index (κ3) is 4.18. The van der Waals surface area contributed by atoms with Crippen LogP contribution in [-0.2, 0) is 9.59 Å². The number of allylic oxidation sites excluding steroid dienone is 3. The zero-order valence-corrected chi connectivity index (χ0v) is 18.7. The molecule has 5 rings (SSSR count). The van der Waals surface area contributed by atoms with Crippen molar-refractivity contribution in [2.75, 3.05) is 0 Å². The normalized spacial score (nSPS) is 15.0. The molecule has 4 aromatic rings. The van der Waals surface area contributed by atoms with Crippen molar-refractivity contribution >= 4 is 17.1 Å². The lowest BCUT2D eigenvalue weighted by Crippen LogP contribution is -2.28. The molecule has 2 nitrogen and oxygen atoms in total. The molecular formula is C32H24O2. The van der Waals surface area contributed by atoms with Gasteiger partial charge in [0, 0.05) is 0 Å². The van der Waals surface area contributed by atoms with Crippen LogP contribution in [0.1, 0.15) is 28.2 Å². The second-order valence-electron chi connectivity index (χ2n) is 8.39. The lowest BCUT2D eigenvalue weighted by atomic mass is 9.77. The molecule has 0 heterocycles. The summed E-state index contributed by atoms with van der Waals surface area (Å²) in [6, 6.07) is 39.4. The Morgan fingerprint density at radius 3 is 1.41 bits per heavy atom. The summed E-state index contributed by atoms with van der Waals surface area (Å²) in [4.78, 5) is 27.5. The Kier molecular flexibility index (Phi) is 6.13. The zero-order valence-electron chi connectivity index (χ0n) is 18.7. The highest BCUT2D eigenvalue weighted by molar-refractivity contribution is 6.17. The molecule has 0 radical (unpaired) electrons. The van der Waals surface area contributed by atoms with Crippen molar-refractivity contribution in [2.45, 2.75) is 5.92 Å². The molecule has 1 aliphatic carbocycles. The van der Waals surface area contributed by atoms with Gasteiger partial charge in [-0.3, -0.25) is 9.59 Å². The van der Waals surface area contributed by atoms with Gasteiger partial charge in [-0.25, -0.2) is 0 Å². The zero-order chi connectivity index (χ0) is 23.3. The van der Waals surface area contributed by atoms with E-state index in [0.29, 0.717) is 0 Å². The minimum atomic E-state index is -0.860. The number of benzene rings is 4. The summed E-state index contributed by atoms with van der Waals surface area (Å²) in [5.74, 6) is -1.66. The Bertz CT molecular complexity index is 1270. The first-order valence-corrected chi connectivity index (χ1v) is 11.4. The summed E-state index contributed by atoms with van der Waals surface area (Å²) in [5.41, 5.74) is 5.41. The van der Waals surface area contributed by atoms with E-state index in [1.807, 2.05) is 127 Å². The molecule has 34 heavy (non-hydrogen) atoms. The third-order valence-corrected chi connectivity index (χ3v) is 6.27. The predicted molar refractivity (Wildman–Crippen MR) is 136 cm³/mol. The number of hydrogen-bond donors (Lipinski definition) is 0. The van der Waals surface area contributed by atoms with Gasteiger partial charge < -0.3 is 0 Å². The van der Waals surface area contributed by atoms with E-state index < -0.39 is 11.8 Å². The molecule has 0 saturated carbocycles. The van der Waals surface area contributed by atoms with Crippen molar-refractivity contribution in [1.82, 2.24) is 0 Å². The van der Waals surface area contributed by atoms with E-state index in [2.05, 4.69) is 0 Å². The number of ketones is 2. The monoisotopic (exact) mass is 440 g/mol. The number of hydrogen-bond acceptors (Lipinski definition) is 2. The van der Waals surface area contributed by atoms with E-state index >= 15 is 0 Å². The lowest BCUT2D eigenvalue weighted by molar-refractivity contribution is -0.128. The van der Waals surface area contributed by atoms with Gasteiger partial charge in [-0.15, -0.1) is 0 Å². The second-order valence-corrected chi connectivity index (χ2v) is 8.39. The fraction of sp³-hybridized carbons (Fsp3) is 0.0625. The third-order valence-electron chi connectivity index (χ3n) is 6.27. The molecule has 0 saturated heterocycles. The quantitative estimate of drug-likeness (QED) is 0.315. The predicted octanol–water partition coefficient (Wildman–Crippen LogP) is 6.64. The maximum absolute atomic E-state index is 14.2. The molecular weight excluding hydrogens is 416 g/mol. The molecule has 0 aromatic heterocycles. The molecule has 164 valence electrons. The van der Waals surface area contributed by atoms with Gasteiger partial charge in [0.1, 0.15) is 5.92 Å². The molecule has 4 aromatic carbocycles. The Labute approximate surface area is 199 Å². The molecule has 0 fully saturated rings. The number of Topliss-reactive ketones (excluding diaryl/α,β-unsaturated/α-hetero) is 1. The highest BCUT2D eigenvalue weighted by Gasteiger charge is 2.39. The van der Waals surface area contributed by atoms with Crippen molar-refractivity contribution in [2.24, 2.45) is 5.92 Å². The van der Waals surface area contributed by atoms with Gasteiger partial charge in [0.15, 0.2) is 11.6 Å². The molecule has 1 unspecified atom stereocenters. The SMILES string of the molecule is O=C1C=CC(=C(c2ccccc2)c2ccccc2)C1C(=O)C(c1ccccc1)c1ccccc1. The average molecular weight is 441 g/mol. The highest BCUT2D eigenvalue weighted by Crippen LogP contribution is 2.39. The Hall–Kier alpha value is -4.30. The van der Waals surface area contributed by atoms with E-state index in [4.69, 9.17) is 0 Å². The Morgan fingerprint density at radius 1 is 0.559 bits per heavy atom. The number of carbonyl (C=O) groups is 2. The molecule has 0 aliphatic heterocycles. The van der Waals surface area contributed by atoms with Crippen LogP contribution in [0.3, 0.4) is 0 Å². The Balaban J connectivity index is 1.69. The van der Waals surface area contributed by atoms with Crippen molar-refractivity contribution in [3.8, 4) is 0 Å². The van der Waals surface area contributed by atoms with E-state index in [1.165, 1.54) is 0 Å².